The summed E-state index contributed by atoms with van der Waals surface area (Å²) in [7, 11) is 1.64. The molecular formula is C28H31ClN2O2S. The van der Waals surface area contributed by atoms with Crippen LogP contribution in [0, 0.1) is 0 Å². The van der Waals surface area contributed by atoms with Crippen LogP contribution in [0.2, 0.25) is 5.02 Å². The monoisotopic (exact) mass is 494 g/mol. The zero-order valence-corrected chi connectivity index (χ0v) is 21.3. The van der Waals surface area contributed by atoms with Gasteiger partial charge in [-0.2, -0.15) is 0 Å². The molecule has 4 rings (SSSR count). The van der Waals surface area contributed by atoms with Gasteiger partial charge in [0.25, 0.3) is 5.91 Å². The molecule has 4 nitrogen and oxygen atoms in total. The van der Waals surface area contributed by atoms with E-state index in [-0.39, 0.29) is 5.91 Å². The molecule has 1 heterocycles. The number of benzene rings is 3. The van der Waals surface area contributed by atoms with Crippen LogP contribution in [0.5, 0.6) is 5.75 Å². The molecule has 0 unspecified atom stereocenters. The molecule has 178 valence electrons. The Balaban J connectivity index is 1.29. The number of carbonyl (C=O) groups excluding carboxylic acids is 1. The summed E-state index contributed by atoms with van der Waals surface area (Å²) in [6.45, 7) is 3.55. The normalized spacial score (nSPS) is 14.7. The van der Waals surface area contributed by atoms with Gasteiger partial charge in [-0.1, -0.05) is 41.9 Å². The fourth-order valence-corrected chi connectivity index (χ4v) is 5.16. The minimum Gasteiger partial charge on any atom is -0.495 e. The summed E-state index contributed by atoms with van der Waals surface area (Å²) in [5, 5.41) is 3.72. The minimum atomic E-state index is -0.0370. The van der Waals surface area contributed by atoms with Gasteiger partial charge in [-0.05, 0) is 91.2 Å². The van der Waals surface area contributed by atoms with E-state index in [4.69, 9.17) is 16.3 Å². The van der Waals surface area contributed by atoms with Crippen LogP contribution in [-0.2, 0) is 13.1 Å². The van der Waals surface area contributed by atoms with Gasteiger partial charge in [-0.3, -0.25) is 9.69 Å². The van der Waals surface area contributed by atoms with Crippen LogP contribution < -0.4 is 10.1 Å². The molecule has 1 saturated heterocycles. The summed E-state index contributed by atoms with van der Waals surface area (Å²) in [5.41, 5.74) is 4.41. The third-order valence-corrected chi connectivity index (χ3v) is 7.48. The standard InChI is InChI=1S/C28H31ClN2O2S/c1-33-27-11-6-21(17-26(27)29)19-31-14-12-22(13-15-31)24-5-3-4-20(16-24)18-30-28(32)23-7-9-25(34-2)10-8-23/h3-11,16-17,22H,12-15,18-19H2,1-2H3,(H,30,32). The van der Waals surface area contributed by atoms with Gasteiger partial charge < -0.3 is 10.1 Å². The highest BCUT2D eigenvalue weighted by atomic mass is 35.5. The molecule has 0 spiro atoms. The quantitative estimate of drug-likeness (QED) is 0.369. The first-order valence-corrected chi connectivity index (χ1v) is 13.2. The highest BCUT2D eigenvalue weighted by molar-refractivity contribution is 7.98. The number of rotatable bonds is 8. The molecule has 6 heteroatoms. The van der Waals surface area contributed by atoms with E-state index in [1.165, 1.54) is 11.1 Å². The van der Waals surface area contributed by atoms with Crippen molar-refractivity contribution in [2.24, 2.45) is 0 Å². The molecule has 3 aromatic carbocycles. The fourth-order valence-electron chi connectivity index (χ4n) is 4.47. The molecule has 0 aromatic heterocycles. The molecule has 3 aromatic rings. The first-order valence-electron chi connectivity index (χ1n) is 11.6. The summed E-state index contributed by atoms with van der Waals surface area (Å²) >= 11 is 7.96. The maximum atomic E-state index is 12.5. The number of piperidine rings is 1. The Morgan fingerprint density at radius 3 is 2.50 bits per heavy atom. The van der Waals surface area contributed by atoms with Crippen molar-refractivity contribution in [2.75, 3.05) is 26.5 Å². The molecule has 0 aliphatic carbocycles. The molecule has 1 amide bonds. The number of halogens is 1. The van der Waals surface area contributed by atoms with Gasteiger partial charge in [0.1, 0.15) is 5.75 Å². The molecule has 34 heavy (non-hydrogen) atoms. The third-order valence-electron chi connectivity index (χ3n) is 6.44. The molecule has 1 aliphatic rings. The average Bonchev–Trinajstić information content (AvgIpc) is 2.88. The molecule has 0 radical (unpaired) electrons. The van der Waals surface area contributed by atoms with E-state index in [1.807, 2.05) is 42.7 Å². The van der Waals surface area contributed by atoms with E-state index in [9.17, 15) is 4.79 Å². The van der Waals surface area contributed by atoms with Crippen LogP contribution in [0.3, 0.4) is 0 Å². The molecule has 1 N–H and O–H groups in total. The van der Waals surface area contributed by atoms with Gasteiger partial charge in [0.15, 0.2) is 0 Å². The van der Waals surface area contributed by atoms with Gasteiger partial charge in [0.2, 0.25) is 0 Å². The lowest BCUT2D eigenvalue weighted by atomic mass is 9.88. The van der Waals surface area contributed by atoms with Crippen molar-refractivity contribution in [3.05, 3.63) is 94.0 Å². The van der Waals surface area contributed by atoms with Crippen molar-refractivity contribution in [2.45, 2.75) is 36.7 Å². The number of thioether (sulfide) groups is 1. The Kier molecular flexibility index (Phi) is 8.54. The molecule has 1 aliphatic heterocycles. The Bertz CT molecular complexity index is 1110. The largest absolute Gasteiger partial charge is 0.495 e. The summed E-state index contributed by atoms with van der Waals surface area (Å²) in [6.07, 6.45) is 4.28. The van der Waals surface area contributed by atoms with Crippen molar-refractivity contribution in [1.29, 1.82) is 0 Å². The van der Waals surface area contributed by atoms with Crippen LogP contribution in [0.1, 0.15) is 45.8 Å². The highest BCUT2D eigenvalue weighted by Crippen LogP contribution is 2.30. The summed E-state index contributed by atoms with van der Waals surface area (Å²) < 4.78 is 5.25. The number of amides is 1. The SMILES string of the molecule is COc1ccc(CN2CCC(c3cccc(CNC(=O)c4ccc(SC)cc4)c3)CC2)cc1Cl. The van der Waals surface area contributed by atoms with E-state index in [0.717, 1.165) is 42.9 Å². The van der Waals surface area contributed by atoms with E-state index in [2.05, 4.69) is 40.5 Å². The maximum Gasteiger partial charge on any atom is 0.251 e. The van der Waals surface area contributed by atoms with Crippen molar-refractivity contribution in [3.8, 4) is 5.75 Å². The van der Waals surface area contributed by atoms with Crippen LogP contribution in [-0.4, -0.2) is 37.3 Å². The first-order chi connectivity index (χ1) is 16.6. The predicted molar refractivity (Wildman–Crippen MR) is 141 cm³/mol. The number of likely N-dealkylation sites (tertiary alicyclic amines) is 1. The highest BCUT2D eigenvalue weighted by Gasteiger charge is 2.21. The number of nitrogens with zero attached hydrogens (tertiary/aromatic N) is 1. The van der Waals surface area contributed by atoms with Crippen LogP contribution >= 0.6 is 23.4 Å². The zero-order chi connectivity index (χ0) is 23.9. The number of hydrogen-bond acceptors (Lipinski definition) is 4. The minimum absolute atomic E-state index is 0.0370. The maximum absolute atomic E-state index is 12.5. The molecule has 0 atom stereocenters. The topological polar surface area (TPSA) is 41.6 Å². The molecule has 0 saturated carbocycles. The van der Waals surface area contributed by atoms with Gasteiger partial charge in [0.05, 0.1) is 12.1 Å². The second kappa shape index (κ2) is 11.8. The van der Waals surface area contributed by atoms with E-state index in [0.29, 0.717) is 28.8 Å². The van der Waals surface area contributed by atoms with Gasteiger partial charge in [0, 0.05) is 23.5 Å². The summed E-state index contributed by atoms with van der Waals surface area (Å²) in [5.74, 6) is 1.23. The molecule has 0 bridgehead atoms. The lowest BCUT2D eigenvalue weighted by molar-refractivity contribution is 0.0951. The number of methoxy groups -OCH3 is 1. The number of ether oxygens (including phenoxy) is 1. The fraction of sp³-hybridized carbons (Fsp3) is 0.321. The van der Waals surface area contributed by atoms with Crippen molar-refractivity contribution < 1.29 is 9.53 Å². The smallest absolute Gasteiger partial charge is 0.251 e. The second-order valence-corrected chi connectivity index (χ2v) is 9.96. The summed E-state index contributed by atoms with van der Waals surface area (Å²) in [6, 6.07) is 22.4. The lowest BCUT2D eigenvalue weighted by Crippen LogP contribution is -2.32. The summed E-state index contributed by atoms with van der Waals surface area (Å²) in [4.78, 5) is 16.2. The second-order valence-electron chi connectivity index (χ2n) is 8.68. The average molecular weight is 495 g/mol. The van der Waals surface area contributed by atoms with Crippen molar-refractivity contribution >= 4 is 29.3 Å². The van der Waals surface area contributed by atoms with Crippen LogP contribution in [0.25, 0.3) is 0 Å². The predicted octanol–water partition coefficient (Wildman–Crippen LogP) is 6.38. The van der Waals surface area contributed by atoms with Gasteiger partial charge in [-0.15, -0.1) is 11.8 Å². The number of hydrogen-bond donors (Lipinski definition) is 1. The molecular weight excluding hydrogens is 464 g/mol. The Hall–Kier alpha value is -2.47. The van der Waals surface area contributed by atoms with Crippen LogP contribution in [0.4, 0.5) is 0 Å². The van der Waals surface area contributed by atoms with Gasteiger partial charge in [-0.25, -0.2) is 0 Å². The first kappa shape index (κ1) is 24.6. The number of carbonyl (C=O) groups is 1. The van der Waals surface area contributed by atoms with E-state index in [1.54, 1.807) is 18.9 Å². The Morgan fingerprint density at radius 2 is 1.82 bits per heavy atom. The number of nitrogens with one attached hydrogen (secondary N) is 1. The van der Waals surface area contributed by atoms with Crippen molar-refractivity contribution in [3.63, 3.8) is 0 Å². The zero-order valence-electron chi connectivity index (χ0n) is 19.7. The van der Waals surface area contributed by atoms with Gasteiger partial charge >= 0.3 is 0 Å². The van der Waals surface area contributed by atoms with Crippen molar-refractivity contribution in [1.82, 2.24) is 10.2 Å². The van der Waals surface area contributed by atoms with Crippen LogP contribution in [0.15, 0.2) is 71.6 Å². The lowest BCUT2D eigenvalue weighted by Gasteiger charge is -2.32. The van der Waals surface area contributed by atoms with E-state index >= 15 is 0 Å². The Labute approximate surface area is 211 Å². The Morgan fingerprint density at radius 1 is 1.06 bits per heavy atom. The molecule has 1 fully saturated rings. The van der Waals surface area contributed by atoms with E-state index < -0.39 is 0 Å². The third kappa shape index (κ3) is 6.35.